The Balaban J connectivity index is 1.91. The first-order valence-corrected chi connectivity index (χ1v) is 5.82. The lowest BCUT2D eigenvalue weighted by molar-refractivity contribution is 0.184. The number of methoxy groups -OCH3 is 1. The molecule has 4 nitrogen and oxygen atoms in total. The number of ether oxygens (including phenoxy) is 2. The summed E-state index contributed by atoms with van der Waals surface area (Å²) in [7, 11) is 1.68. The van der Waals surface area contributed by atoms with E-state index in [1.54, 1.807) is 7.11 Å². The summed E-state index contributed by atoms with van der Waals surface area (Å²) in [5, 5.41) is 6.96. The maximum Gasteiger partial charge on any atom is 0.166 e. The normalized spacial score (nSPS) is 20.2. The highest BCUT2D eigenvalue weighted by atomic mass is 32.1. The summed E-state index contributed by atoms with van der Waals surface area (Å²) in [5.74, 6) is 0.708. The van der Waals surface area contributed by atoms with Gasteiger partial charge < -0.3 is 20.1 Å². The van der Waals surface area contributed by atoms with Crippen molar-refractivity contribution in [1.29, 1.82) is 0 Å². The second-order valence-corrected chi connectivity index (χ2v) is 4.10. The zero-order chi connectivity index (χ0) is 10.9. The van der Waals surface area contributed by atoms with Crippen molar-refractivity contribution < 1.29 is 9.47 Å². The third-order valence-corrected chi connectivity index (χ3v) is 2.74. The molecule has 1 heterocycles. The molecule has 2 N–H and O–H groups in total. The Hall–Kier alpha value is -0.390. The maximum atomic E-state index is 5.30. The summed E-state index contributed by atoms with van der Waals surface area (Å²) >= 11 is 5.10. The smallest absolute Gasteiger partial charge is 0.166 e. The first kappa shape index (κ1) is 12.7. The van der Waals surface area contributed by atoms with E-state index in [-0.39, 0.29) is 0 Å². The van der Waals surface area contributed by atoms with E-state index in [1.807, 2.05) is 0 Å². The second kappa shape index (κ2) is 7.84. The highest BCUT2D eigenvalue weighted by Crippen LogP contribution is 2.14. The monoisotopic (exact) mass is 232 g/mol. The van der Waals surface area contributed by atoms with Crippen LogP contribution in [0.25, 0.3) is 0 Å². The van der Waals surface area contributed by atoms with Gasteiger partial charge in [-0.1, -0.05) is 0 Å². The van der Waals surface area contributed by atoms with Crippen LogP contribution in [-0.2, 0) is 9.47 Å². The molecule has 0 amide bonds. The molecule has 0 aromatic rings. The molecule has 1 aliphatic heterocycles. The topological polar surface area (TPSA) is 42.5 Å². The Morgan fingerprint density at radius 2 is 2.27 bits per heavy atom. The van der Waals surface area contributed by atoms with Gasteiger partial charge in [-0.15, -0.1) is 0 Å². The van der Waals surface area contributed by atoms with Gasteiger partial charge in [0, 0.05) is 33.4 Å². The molecule has 15 heavy (non-hydrogen) atoms. The lowest BCUT2D eigenvalue weighted by Gasteiger charge is -2.11. The number of hydrogen-bond acceptors (Lipinski definition) is 3. The Morgan fingerprint density at radius 1 is 1.47 bits per heavy atom. The summed E-state index contributed by atoms with van der Waals surface area (Å²) in [5.41, 5.74) is 0. The Morgan fingerprint density at radius 3 is 2.93 bits per heavy atom. The van der Waals surface area contributed by atoms with Crippen molar-refractivity contribution in [2.45, 2.75) is 12.8 Å². The van der Waals surface area contributed by atoms with Gasteiger partial charge in [0.2, 0.25) is 0 Å². The average molecular weight is 232 g/mol. The van der Waals surface area contributed by atoms with Crippen molar-refractivity contribution in [2.75, 3.05) is 40.0 Å². The lowest BCUT2D eigenvalue weighted by Crippen LogP contribution is -2.37. The molecule has 0 aromatic carbocycles. The summed E-state index contributed by atoms with van der Waals surface area (Å²) in [6, 6.07) is 0. The van der Waals surface area contributed by atoms with Crippen LogP contribution in [0, 0.1) is 5.92 Å². The molecule has 0 saturated carbocycles. The Labute approximate surface area is 96.7 Å². The molecule has 0 spiro atoms. The van der Waals surface area contributed by atoms with E-state index in [1.165, 1.54) is 6.42 Å². The van der Waals surface area contributed by atoms with Crippen molar-refractivity contribution in [1.82, 2.24) is 10.6 Å². The molecule has 0 aliphatic carbocycles. The van der Waals surface area contributed by atoms with E-state index in [4.69, 9.17) is 21.7 Å². The third-order valence-electron chi connectivity index (χ3n) is 2.45. The molecule has 1 rings (SSSR count). The van der Waals surface area contributed by atoms with Crippen molar-refractivity contribution >= 4 is 17.3 Å². The van der Waals surface area contributed by atoms with Crippen molar-refractivity contribution in [2.24, 2.45) is 5.92 Å². The fraction of sp³-hybridized carbons (Fsp3) is 0.900. The molecule has 1 aliphatic rings. The van der Waals surface area contributed by atoms with Crippen molar-refractivity contribution in [3.8, 4) is 0 Å². The zero-order valence-corrected chi connectivity index (χ0v) is 10.1. The van der Waals surface area contributed by atoms with Gasteiger partial charge in [-0.2, -0.15) is 0 Å². The van der Waals surface area contributed by atoms with E-state index < -0.39 is 0 Å². The van der Waals surface area contributed by atoms with Crippen LogP contribution >= 0.6 is 12.2 Å². The molecule has 1 unspecified atom stereocenters. The average Bonchev–Trinajstić information content (AvgIpc) is 2.71. The first-order valence-electron chi connectivity index (χ1n) is 5.41. The van der Waals surface area contributed by atoms with Crippen LogP contribution < -0.4 is 10.6 Å². The van der Waals surface area contributed by atoms with E-state index in [9.17, 15) is 0 Å². The van der Waals surface area contributed by atoms with E-state index in [2.05, 4.69) is 10.6 Å². The predicted molar refractivity (Wildman–Crippen MR) is 64.0 cm³/mol. The molecule has 5 heteroatoms. The number of nitrogens with one attached hydrogen (secondary N) is 2. The number of rotatable bonds is 6. The quantitative estimate of drug-likeness (QED) is 0.516. The van der Waals surface area contributed by atoms with Crippen LogP contribution in [0.5, 0.6) is 0 Å². The molecule has 0 aromatic heterocycles. The molecule has 1 atom stereocenters. The van der Waals surface area contributed by atoms with Crippen molar-refractivity contribution in [3.63, 3.8) is 0 Å². The van der Waals surface area contributed by atoms with Crippen LogP contribution in [0.1, 0.15) is 12.8 Å². The molecule has 1 saturated heterocycles. The van der Waals surface area contributed by atoms with Crippen LogP contribution in [0.4, 0.5) is 0 Å². The minimum atomic E-state index is 0.679. The summed E-state index contributed by atoms with van der Waals surface area (Å²) in [4.78, 5) is 0. The fourth-order valence-electron chi connectivity index (χ4n) is 1.53. The van der Waals surface area contributed by atoms with E-state index in [0.717, 1.165) is 32.7 Å². The summed E-state index contributed by atoms with van der Waals surface area (Å²) in [6.07, 6.45) is 2.32. The highest BCUT2D eigenvalue weighted by Gasteiger charge is 2.14. The van der Waals surface area contributed by atoms with Gasteiger partial charge in [-0.3, -0.25) is 0 Å². The molecule has 1 fully saturated rings. The van der Waals surface area contributed by atoms with Crippen LogP contribution in [0.15, 0.2) is 0 Å². The van der Waals surface area contributed by atoms with Gasteiger partial charge in [-0.05, 0) is 31.0 Å². The van der Waals surface area contributed by atoms with Crippen LogP contribution in [0.3, 0.4) is 0 Å². The predicted octanol–water partition coefficient (Wildman–Crippen LogP) is 0.523. The maximum absolute atomic E-state index is 5.30. The van der Waals surface area contributed by atoms with Gasteiger partial charge in [0.05, 0.1) is 6.61 Å². The summed E-state index contributed by atoms with van der Waals surface area (Å²) in [6.45, 7) is 4.19. The Kier molecular flexibility index (Phi) is 6.63. The zero-order valence-electron chi connectivity index (χ0n) is 9.25. The minimum Gasteiger partial charge on any atom is -0.383 e. The van der Waals surface area contributed by atoms with Crippen LogP contribution in [0.2, 0.25) is 0 Å². The Bertz CT molecular complexity index is 184. The highest BCUT2D eigenvalue weighted by molar-refractivity contribution is 7.80. The van der Waals surface area contributed by atoms with Gasteiger partial charge >= 0.3 is 0 Å². The second-order valence-electron chi connectivity index (χ2n) is 3.69. The SMILES string of the molecule is COCCNC(=S)NCCC1CCOC1. The molecular formula is C10H20N2O2S. The lowest BCUT2D eigenvalue weighted by atomic mass is 10.1. The van der Waals surface area contributed by atoms with Crippen molar-refractivity contribution in [3.05, 3.63) is 0 Å². The van der Waals surface area contributed by atoms with Crippen LogP contribution in [-0.4, -0.2) is 45.1 Å². The molecular weight excluding hydrogens is 212 g/mol. The van der Waals surface area contributed by atoms with E-state index >= 15 is 0 Å². The largest absolute Gasteiger partial charge is 0.383 e. The molecule has 88 valence electrons. The van der Waals surface area contributed by atoms with Gasteiger partial charge in [0.1, 0.15) is 0 Å². The first-order chi connectivity index (χ1) is 7.33. The molecule has 0 bridgehead atoms. The third kappa shape index (κ3) is 5.92. The van der Waals surface area contributed by atoms with Gasteiger partial charge in [-0.25, -0.2) is 0 Å². The fourth-order valence-corrected chi connectivity index (χ4v) is 1.73. The van der Waals surface area contributed by atoms with E-state index in [0.29, 0.717) is 17.6 Å². The van der Waals surface area contributed by atoms with Gasteiger partial charge in [0.25, 0.3) is 0 Å². The molecule has 0 radical (unpaired) electrons. The minimum absolute atomic E-state index is 0.679. The van der Waals surface area contributed by atoms with Gasteiger partial charge in [0.15, 0.2) is 5.11 Å². The summed E-state index contributed by atoms with van der Waals surface area (Å²) < 4.78 is 10.2. The number of hydrogen-bond donors (Lipinski definition) is 2. The standard InChI is InChI=1S/C10H20N2O2S/c1-13-7-5-12-10(15)11-4-2-9-3-6-14-8-9/h9H,2-8H2,1H3,(H2,11,12,15). The number of thiocarbonyl (C=S) groups is 1.